The number of hydrogen-bond acceptors (Lipinski definition) is 3. The molecule has 0 aromatic carbocycles. The summed E-state index contributed by atoms with van der Waals surface area (Å²) in [5, 5.41) is 31.1. The molecule has 0 aromatic heterocycles. The molecule has 0 aromatic rings. The Labute approximate surface area is 110 Å². The van der Waals surface area contributed by atoms with E-state index in [1.165, 1.54) is 0 Å². The number of fused-ring (bicyclic) bond motifs is 1. The molecule has 3 N–H and O–H groups in total. The maximum absolute atomic E-state index is 10.9. The van der Waals surface area contributed by atoms with Crippen LogP contribution in [0.15, 0.2) is 12.2 Å². The summed E-state index contributed by atoms with van der Waals surface area (Å²) in [5.41, 5.74) is -3.25. The van der Waals surface area contributed by atoms with E-state index in [-0.39, 0.29) is 11.3 Å². The maximum Gasteiger partial charge on any atom is 0.125 e. The van der Waals surface area contributed by atoms with Gasteiger partial charge in [0.15, 0.2) is 0 Å². The Balaban J connectivity index is 2.58. The molecule has 0 radical (unpaired) electrons. The van der Waals surface area contributed by atoms with Crippen molar-refractivity contribution in [3.63, 3.8) is 0 Å². The molecule has 0 amide bonds. The predicted molar refractivity (Wildman–Crippen MR) is 71.0 cm³/mol. The van der Waals surface area contributed by atoms with Crippen LogP contribution in [0.4, 0.5) is 0 Å². The summed E-state index contributed by atoms with van der Waals surface area (Å²) in [7, 11) is 0. The van der Waals surface area contributed by atoms with Crippen LogP contribution in [-0.4, -0.2) is 33.1 Å². The molecule has 18 heavy (non-hydrogen) atoms. The van der Waals surface area contributed by atoms with Crippen molar-refractivity contribution < 1.29 is 15.3 Å². The Kier molecular flexibility index (Phi) is 2.97. The predicted octanol–water partition coefficient (Wildman–Crippen LogP) is 1.86. The lowest BCUT2D eigenvalue weighted by Gasteiger charge is -2.62. The van der Waals surface area contributed by atoms with Gasteiger partial charge >= 0.3 is 0 Å². The molecule has 3 heteroatoms. The maximum atomic E-state index is 10.9. The molecule has 1 saturated carbocycles. The van der Waals surface area contributed by atoms with Gasteiger partial charge in [-0.1, -0.05) is 39.3 Å². The summed E-state index contributed by atoms with van der Waals surface area (Å²) in [6, 6.07) is 0. The smallest absolute Gasteiger partial charge is 0.125 e. The molecular formula is C15H26O3. The number of aliphatic hydroxyl groups is 3. The monoisotopic (exact) mass is 254 g/mol. The molecule has 3 nitrogen and oxygen atoms in total. The number of rotatable bonds is 1. The first-order chi connectivity index (χ1) is 8.11. The number of allylic oxidation sites excluding steroid dienone is 1. The van der Waals surface area contributed by atoms with Crippen LogP contribution in [0, 0.1) is 16.7 Å². The highest BCUT2D eigenvalue weighted by atomic mass is 16.4. The van der Waals surface area contributed by atoms with Gasteiger partial charge in [-0.2, -0.15) is 0 Å². The average Bonchev–Trinajstić information content (AvgIpc) is 2.24. The minimum Gasteiger partial charge on any atom is -0.393 e. The molecule has 0 spiro atoms. The molecule has 4 atom stereocenters. The second kappa shape index (κ2) is 3.81. The van der Waals surface area contributed by atoms with E-state index in [4.69, 9.17) is 0 Å². The summed E-state index contributed by atoms with van der Waals surface area (Å²) < 4.78 is 0. The van der Waals surface area contributed by atoms with Gasteiger partial charge in [-0.3, -0.25) is 0 Å². The minimum atomic E-state index is -1.48. The lowest BCUT2D eigenvalue weighted by Crippen LogP contribution is -2.69. The van der Waals surface area contributed by atoms with Crippen molar-refractivity contribution >= 4 is 0 Å². The first kappa shape index (κ1) is 14.0. The molecule has 0 bridgehead atoms. The third-order valence-electron chi connectivity index (χ3n) is 5.67. The Bertz CT molecular complexity index is 372. The van der Waals surface area contributed by atoms with Crippen LogP contribution >= 0.6 is 0 Å². The van der Waals surface area contributed by atoms with Gasteiger partial charge in [-0.15, -0.1) is 0 Å². The van der Waals surface area contributed by atoms with Crippen LogP contribution in [0.25, 0.3) is 0 Å². The number of aliphatic hydroxyl groups excluding tert-OH is 1. The van der Waals surface area contributed by atoms with Gasteiger partial charge in [0.05, 0.1) is 6.61 Å². The topological polar surface area (TPSA) is 60.7 Å². The van der Waals surface area contributed by atoms with Gasteiger partial charge in [-0.05, 0) is 31.1 Å². The van der Waals surface area contributed by atoms with Gasteiger partial charge in [-0.25, -0.2) is 0 Å². The van der Waals surface area contributed by atoms with Gasteiger partial charge in [0.1, 0.15) is 11.2 Å². The molecule has 104 valence electrons. The van der Waals surface area contributed by atoms with Gasteiger partial charge < -0.3 is 15.3 Å². The number of hydrogen-bond donors (Lipinski definition) is 3. The zero-order valence-electron chi connectivity index (χ0n) is 11.9. The highest BCUT2D eigenvalue weighted by molar-refractivity contribution is 5.27. The van der Waals surface area contributed by atoms with E-state index in [1.807, 2.05) is 13.0 Å². The van der Waals surface area contributed by atoms with E-state index >= 15 is 0 Å². The summed E-state index contributed by atoms with van der Waals surface area (Å²) in [5.74, 6) is 0.177. The molecule has 2 rings (SSSR count). The first-order valence-corrected chi connectivity index (χ1v) is 6.86. The summed E-state index contributed by atoms with van der Waals surface area (Å²) >= 11 is 0. The average molecular weight is 254 g/mol. The summed E-state index contributed by atoms with van der Waals surface area (Å²) in [4.78, 5) is 0. The third kappa shape index (κ3) is 1.54. The Morgan fingerprint density at radius 3 is 2.28 bits per heavy atom. The van der Waals surface area contributed by atoms with Gasteiger partial charge in [0.25, 0.3) is 0 Å². The molecular weight excluding hydrogens is 228 g/mol. The standard InChI is InChI=1S/C15H26O3/c1-12(2)7-5-8-13(3)11(12)6-9-14(4,17)15(13,18)10-16/h6,9,11,16-18H,5,7-8,10H2,1-4H3. The Morgan fingerprint density at radius 2 is 1.72 bits per heavy atom. The van der Waals surface area contributed by atoms with Gasteiger partial charge in [0, 0.05) is 5.41 Å². The second-order valence-corrected chi connectivity index (χ2v) is 7.26. The van der Waals surface area contributed by atoms with E-state index in [1.54, 1.807) is 13.0 Å². The van der Waals surface area contributed by atoms with Crippen molar-refractivity contribution in [2.45, 2.75) is 58.2 Å². The SMILES string of the molecule is CC1(C)CCCC2(C)C1C=CC(C)(O)C2(O)CO. The van der Waals surface area contributed by atoms with Gasteiger partial charge in [0.2, 0.25) is 0 Å². The Morgan fingerprint density at radius 1 is 1.11 bits per heavy atom. The highest BCUT2D eigenvalue weighted by Crippen LogP contribution is 2.61. The zero-order valence-corrected chi connectivity index (χ0v) is 11.9. The van der Waals surface area contributed by atoms with Crippen molar-refractivity contribution in [2.75, 3.05) is 6.61 Å². The second-order valence-electron chi connectivity index (χ2n) is 7.26. The van der Waals surface area contributed by atoms with E-state index in [0.29, 0.717) is 0 Å². The van der Waals surface area contributed by atoms with Crippen LogP contribution in [0.2, 0.25) is 0 Å². The molecule has 0 heterocycles. The normalized spacial score (nSPS) is 50.9. The fourth-order valence-corrected chi connectivity index (χ4v) is 4.36. The fourth-order valence-electron chi connectivity index (χ4n) is 4.36. The van der Waals surface area contributed by atoms with Crippen LogP contribution in [0.1, 0.15) is 47.0 Å². The lowest BCUT2D eigenvalue weighted by molar-refractivity contribution is -0.242. The molecule has 0 aliphatic heterocycles. The van der Waals surface area contributed by atoms with Crippen molar-refractivity contribution in [1.29, 1.82) is 0 Å². The van der Waals surface area contributed by atoms with Crippen molar-refractivity contribution in [3.8, 4) is 0 Å². The molecule has 0 saturated heterocycles. The molecule has 4 unspecified atom stereocenters. The van der Waals surface area contributed by atoms with Crippen LogP contribution in [0.3, 0.4) is 0 Å². The largest absolute Gasteiger partial charge is 0.393 e. The molecule has 2 aliphatic carbocycles. The summed E-state index contributed by atoms with van der Waals surface area (Å²) in [6.45, 7) is 7.59. The quantitative estimate of drug-likeness (QED) is 0.626. The summed E-state index contributed by atoms with van der Waals surface area (Å²) in [6.07, 6.45) is 6.68. The van der Waals surface area contributed by atoms with E-state index in [9.17, 15) is 15.3 Å². The highest BCUT2D eigenvalue weighted by Gasteiger charge is 2.64. The van der Waals surface area contributed by atoms with Crippen LogP contribution in [-0.2, 0) is 0 Å². The van der Waals surface area contributed by atoms with E-state index in [2.05, 4.69) is 13.8 Å². The first-order valence-electron chi connectivity index (χ1n) is 6.86. The molecule has 1 fully saturated rings. The van der Waals surface area contributed by atoms with Crippen LogP contribution < -0.4 is 0 Å². The van der Waals surface area contributed by atoms with Crippen molar-refractivity contribution in [3.05, 3.63) is 12.2 Å². The minimum absolute atomic E-state index is 0.0865. The van der Waals surface area contributed by atoms with Crippen molar-refractivity contribution in [1.82, 2.24) is 0 Å². The van der Waals surface area contributed by atoms with Crippen LogP contribution in [0.5, 0.6) is 0 Å². The fraction of sp³-hybridized carbons (Fsp3) is 0.867. The lowest BCUT2D eigenvalue weighted by atomic mass is 9.46. The van der Waals surface area contributed by atoms with E-state index < -0.39 is 23.2 Å². The van der Waals surface area contributed by atoms with Crippen molar-refractivity contribution in [2.24, 2.45) is 16.7 Å². The van der Waals surface area contributed by atoms with E-state index in [0.717, 1.165) is 19.3 Å². The third-order valence-corrected chi connectivity index (χ3v) is 5.67. The molecule has 2 aliphatic rings. The Hall–Kier alpha value is -0.380. The zero-order chi connectivity index (χ0) is 13.8.